The number of benzene rings is 2. The van der Waals surface area contributed by atoms with E-state index in [-0.39, 0.29) is 10.8 Å². The molecule has 41 heavy (non-hydrogen) atoms. The molecule has 1 atom stereocenters. The van der Waals surface area contributed by atoms with E-state index in [0.717, 1.165) is 35.5 Å². The molecule has 228 valence electrons. The quantitative estimate of drug-likeness (QED) is 0.182. The van der Waals surface area contributed by atoms with Gasteiger partial charge in [-0.2, -0.15) is 4.21 Å². The van der Waals surface area contributed by atoms with Crippen LogP contribution in [0, 0.1) is 19.3 Å². The van der Waals surface area contributed by atoms with Crippen LogP contribution in [-0.2, 0) is 16.7 Å². The molecule has 0 bridgehead atoms. The summed E-state index contributed by atoms with van der Waals surface area (Å²) < 4.78 is 27.4. The number of halogens is 1. The lowest BCUT2D eigenvalue weighted by Crippen LogP contribution is -2.25. The fraction of sp³-hybridized carbons (Fsp3) is 0.545. The van der Waals surface area contributed by atoms with Gasteiger partial charge in [0, 0.05) is 10.4 Å². The van der Waals surface area contributed by atoms with E-state index < -0.39 is 11.3 Å². The van der Waals surface area contributed by atoms with Crippen LogP contribution in [0.2, 0.25) is 5.02 Å². The van der Waals surface area contributed by atoms with Gasteiger partial charge in [0.25, 0.3) is 0 Å². The maximum absolute atomic E-state index is 12.7. The zero-order chi connectivity index (χ0) is 30.5. The Morgan fingerprint density at radius 2 is 1.59 bits per heavy atom. The molecule has 1 heterocycles. The fourth-order valence-electron chi connectivity index (χ4n) is 4.71. The van der Waals surface area contributed by atoms with Gasteiger partial charge >= 0.3 is 11.3 Å². The summed E-state index contributed by atoms with van der Waals surface area (Å²) in [4.78, 5) is 4.31. The highest BCUT2D eigenvalue weighted by Gasteiger charge is 2.28. The van der Waals surface area contributed by atoms with Crippen molar-refractivity contribution >= 4 is 39.3 Å². The van der Waals surface area contributed by atoms with Crippen LogP contribution >= 0.6 is 22.9 Å². The van der Waals surface area contributed by atoms with Crippen LogP contribution in [0.15, 0.2) is 47.8 Å². The molecule has 5 nitrogen and oxygen atoms in total. The molecule has 0 aliphatic rings. The first-order valence-corrected chi connectivity index (χ1v) is 16.9. The van der Waals surface area contributed by atoms with Crippen LogP contribution in [0.4, 0.5) is 5.13 Å². The zero-order valence-electron chi connectivity index (χ0n) is 26.1. The Balaban J connectivity index is 0.000000629. The molecule has 3 aromatic rings. The highest BCUT2D eigenvalue weighted by molar-refractivity contribution is 7.82. The van der Waals surface area contributed by atoms with Gasteiger partial charge in [-0.15, -0.1) is 11.3 Å². The number of nitrogens with zero attached hydrogens (tertiary/aromatic N) is 1. The first-order valence-electron chi connectivity index (χ1n) is 14.6. The summed E-state index contributed by atoms with van der Waals surface area (Å²) in [5.41, 5.74) is 3.39. The maximum atomic E-state index is 12.7. The van der Waals surface area contributed by atoms with Crippen molar-refractivity contribution in [1.29, 1.82) is 0 Å². The summed E-state index contributed by atoms with van der Waals surface area (Å²) >= 11 is 5.25. The van der Waals surface area contributed by atoms with Crippen molar-refractivity contribution in [3.05, 3.63) is 69.7 Å². The van der Waals surface area contributed by atoms with Crippen molar-refractivity contribution < 1.29 is 13.1 Å². The van der Waals surface area contributed by atoms with Gasteiger partial charge in [0.05, 0.1) is 12.3 Å². The van der Waals surface area contributed by atoms with Crippen LogP contribution in [0.25, 0.3) is 0 Å². The van der Waals surface area contributed by atoms with E-state index in [1.807, 2.05) is 55.6 Å². The largest absolute Gasteiger partial charge is 0.490 e. The molecule has 8 heteroatoms. The Morgan fingerprint density at radius 3 is 2.17 bits per heavy atom. The van der Waals surface area contributed by atoms with E-state index >= 15 is 0 Å². The number of ether oxygens (including phenoxy) is 1. The van der Waals surface area contributed by atoms with E-state index in [1.54, 1.807) is 0 Å². The predicted molar refractivity (Wildman–Crippen MR) is 178 cm³/mol. The molecular weight excluding hydrogens is 572 g/mol. The monoisotopic (exact) mass is 620 g/mol. The Kier molecular flexibility index (Phi) is 14.7. The summed E-state index contributed by atoms with van der Waals surface area (Å²) in [6.45, 7) is 18.0. The summed E-state index contributed by atoms with van der Waals surface area (Å²) in [6, 6.07) is 13.8. The van der Waals surface area contributed by atoms with Crippen LogP contribution in [0.3, 0.4) is 0 Å². The number of nitrogens with one attached hydrogen (secondary N) is 1. The minimum atomic E-state index is -1.77. The minimum absolute atomic E-state index is 0.0600. The van der Waals surface area contributed by atoms with Gasteiger partial charge < -0.3 is 8.92 Å². The van der Waals surface area contributed by atoms with Crippen LogP contribution < -0.4 is 13.6 Å². The first kappa shape index (κ1) is 35.1. The third-order valence-electron chi connectivity index (χ3n) is 6.42. The van der Waals surface area contributed by atoms with E-state index in [1.165, 1.54) is 42.6 Å². The third-order valence-corrected chi connectivity index (χ3v) is 8.37. The molecule has 0 radical (unpaired) electrons. The Labute approximate surface area is 260 Å². The minimum Gasteiger partial charge on any atom is -0.490 e. The number of unbranched alkanes of at least 4 members (excludes halogenated alkanes) is 5. The van der Waals surface area contributed by atoms with E-state index in [4.69, 9.17) is 20.5 Å². The predicted octanol–water partition coefficient (Wildman–Crippen LogP) is 10.6. The molecule has 0 amide bonds. The number of hydrogen-bond acceptors (Lipinski definition) is 5. The van der Waals surface area contributed by atoms with Gasteiger partial charge in [-0.25, -0.2) is 9.71 Å². The first-order chi connectivity index (χ1) is 19.3. The number of anilines is 1. The molecule has 0 spiro atoms. The fourth-order valence-corrected chi connectivity index (χ4v) is 6.29. The molecular formula is C33H49ClN2O3S2. The normalized spacial score (nSPS) is 12.3. The lowest BCUT2D eigenvalue weighted by atomic mass is 9.72. The standard InChI is InChI=1S/C26H42N2O3S2.C7H7Cl/c1-8-9-10-11-12-13-16-30-22-15-14-21(26(6,7)19-25(3,4)5)17-23(22)31-33(29)28-24-27-20(2)18-32-24;1-6-2-4-7(8)5-3-6/h14-15,17-18H,8-13,16,19H2,1-7H3,(H,27,28);2-5H,1H3. The highest BCUT2D eigenvalue weighted by Crippen LogP contribution is 2.40. The summed E-state index contributed by atoms with van der Waals surface area (Å²) in [6.07, 6.45) is 8.23. The van der Waals surface area contributed by atoms with Crippen molar-refractivity contribution in [2.24, 2.45) is 5.41 Å². The maximum Gasteiger partial charge on any atom is 0.318 e. The summed E-state index contributed by atoms with van der Waals surface area (Å²) in [7, 11) is 0. The van der Waals surface area contributed by atoms with Gasteiger partial charge in [0.15, 0.2) is 16.6 Å². The van der Waals surface area contributed by atoms with E-state index in [9.17, 15) is 4.21 Å². The second-order valence-electron chi connectivity index (χ2n) is 12.4. The average Bonchev–Trinajstić information content (AvgIpc) is 3.29. The summed E-state index contributed by atoms with van der Waals surface area (Å²) in [5.74, 6) is 1.13. The molecule has 1 unspecified atom stereocenters. The molecule has 3 rings (SSSR count). The van der Waals surface area contributed by atoms with Crippen molar-refractivity contribution in [2.45, 2.75) is 106 Å². The lowest BCUT2D eigenvalue weighted by Gasteiger charge is -2.33. The average molecular weight is 621 g/mol. The molecule has 0 saturated heterocycles. The molecule has 0 aliphatic carbocycles. The second kappa shape index (κ2) is 17.1. The second-order valence-corrected chi connectivity index (χ2v) is 14.5. The Morgan fingerprint density at radius 1 is 0.927 bits per heavy atom. The summed E-state index contributed by atoms with van der Waals surface area (Å²) in [5, 5.41) is 3.28. The van der Waals surface area contributed by atoms with Crippen molar-refractivity contribution in [1.82, 2.24) is 4.98 Å². The third kappa shape index (κ3) is 14.1. The van der Waals surface area contributed by atoms with Gasteiger partial charge in [-0.3, -0.25) is 0 Å². The van der Waals surface area contributed by atoms with Gasteiger partial charge in [0.1, 0.15) is 0 Å². The van der Waals surface area contributed by atoms with Crippen molar-refractivity contribution in [3.8, 4) is 11.5 Å². The smallest absolute Gasteiger partial charge is 0.318 e. The van der Waals surface area contributed by atoms with E-state index in [0.29, 0.717) is 23.2 Å². The molecule has 0 saturated carbocycles. The number of aromatic nitrogens is 1. The number of hydrogen-bond donors (Lipinski definition) is 1. The molecule has 2 aromatic carbocycles. The number of thiazole rings is 1. The molecule has 0 aliphatic heterocycles. The Hall–Kier alpha value is -2.09. The highest BCUT2D eigenvalue weighted by atomic mass is 35.5. The van der Waals surface area contributed by atoms with Gasteiger partial charge in [0.2, 0.25) is 0 Å². The molecule has 1 aromatic heterocycles. The van der Waals surface area contributed by atoms with Crippen LogP contribution in [0.5, 0.6) is 11.5 Å². The van der Waals surface area contributed by atoms with Crippen LogP contribution in [-0.4, -0.2) is 15.8 Å². The van der Waals surface area contributed by atoms with Gasteiger partial charge in [-0.05, 0) is 67.3 Å². The van der Waals surface area contributed by atoms with Crippen molar-refractivity contribution in [2.75, 3.05) is 11.3 Å². The zero-order valence-corrected chi connectivity index (χ0v) is 28.5. The number of rotatable bonds is 14. The van der Waals surface area contributed by atoms with Crippen LogP contribution in [0.1, 0.15) is 103 Å². The topological polar surface area (TPSA) is 60.5 Å². The van der Waals surface area contributed by atoms with E-state index in [2.05, 4.69) is 57.3 Å². The molecule has 0 fully saturated rings. The Bertz CT molecular complexity index is 1180. The lowest BCUT2D eigenvalue weighted by molar-refractivity contribution is 0.281. The number of aryl methyl sites for hydroxylation is 2. The van der Waals surface area contributed by atoms with Crippen molar-refractivity contribution in [3.63, 3.8) is 0 Å². The van der Waals surface area contributed by atoms with Gasteiger partial charge in [-0.1, -0.05) is 109 Å². The SMILES string of the molecule is CCCCCCCCOc1ccc(C(C)(C)CC(C)(C)C)cc1OS(=O)Nc1nc(C)cs1.Cc1ccc(Cl)cc1. The molecule has 1 N–H and O–H groups in total.